The maximum Gasteiger partial charge on any atom is 0.307 e. The molecule has 2 atom stereocenters. The summed E-state index contributed by atoms with van der Waals surface area (Å²) in [4.78, 5) is 22.4. The van der Waals surface area contributed by atoms with Gasteiger partial charge in [0.2, 0.25) is 5.91 Å². The first-order valence-electron chi connectivity index (χ1n) is 4.84. The Balaban J connectivity index is 2.46. The van der Waals surface area contributed by atoms with Crippen LogP contribution in [-0.4, -0.2) is 17.0 Å². The molecule has 1 aromatic rings. The number of anilines is 1. The molecule has 0 saturated carbocycles. The van der Waals surface area contributed by atoms with Gasteiger partial charge in [0.05, 0.1) is 11.8 Å². The van der Waals surface area contributed by atoms with Crippen LogP contribution in [0.4, 0.5) is 10.1 Å². The molecule has 1 aliphatic rings. The number of benzene rings is 1. The molecule has 0 fully saturated rings. The second kappa shape index (κ2) is 3.59. The number of carbonyl (C=O) groups is 2. The van der Waals surface area contributed by atoms with Crippen molar-refractivity contribution < 1.29 is 19.1 Å². The minimum Gasteiger partial charge on any atom is -0.481 e. The summed E-state index contributed by atoms with van der Waals surface area (Å²) in [6.07, 6.45) is 0. The highest BCUT2D eigenvalue weighted by Gasteiger charge is 2.38. The molecular weight excluding hydrogens is 213 g/mol. The van der Waals surface area contributed by atoms with E-state index in [2.05, 4.69) is 5.32 Å². The molecule has 1 aliphatic heterocycles. The Kier molecular flexibility index (Phi) is 2.38. The Morgan fingerprint density at radius 1 is 1.56 bits per heavy atom. The molecule has 2 rings (SSSR count). The van der Waals surface area contributed by atoms with E-state index in [9.17, 15) is 14.0 Å². The second-order valence-electron chi connectivity index (χ2n) is 3.83. The van der Waals surface area contributed by atoms with Crippen molar-refractivity contribution in [3.8, 4) is 0 Å². The number of hydrogen-bond acceptors (Lipinski definition) is 2. The van der Waals surface area contributed by atoms with Crippen LogP contribution in [0.15, 0.2) is 18.2 Å². The van der Waals surface area contributed by atoms with Gasteiger partial charge in [-0.3, -0.25) is 9.59 Å². The van der Waals surface area contributed by atoms with Crippen LogP contribution in [0, 0.1) is 11.7 Å². The predicted octanol–water partition coefficient (Wildman–Crippen LogP) is 1.58. The Morgan fingerprint density at radius 3 is 2.88 bits per heavy atom. The number of amides is 1. The Hall–Kier alpha value is -1.91. The molecule has 16 heavy (non-hydrogen) atoms. The minimum atomic E-state index is -1.07. The second-order valence-corrected chi connectivity index (χ2v) is 3.83. The number of rotatable bonds is 2. The molecule has 1 amide bonds. The molecule has 2 unspecified atom stereocenters. The third-order valence-corrected chi connectivity index (χ3v) is 2.78. The highest BCUT2D eigenvalue weighted by Crippen LogP contribution is 2.37. The quantitative estimate of drug-likeness (QED) is 0.799. The van der Waals surface area contributed by atoms with Gasteiger partial charge in [-0.15, -0.1) is 0 Å². The zero-order chi connectivity index (χ0) is 11.9. The topological polar surface area (TPSA) is 66.4 Å². The van der Waals surface area contributed by atoms with Crippen molar-refractivity contribution >= 4 is 17.6 Å². The highest BCUT2D eigenvalue weighted by molar-refractivity contribution is 6.04. The number of hydrogen-bond donors (Lipinski definition) is 2. The molecule has 0 bridgehead atoms. The van der Waals surface area contributed by atoms with Crippen molar-refractivity contribution in [1.82, 2.24) is 0 Å². The first kappa shape index (κ1) is 10.6. The van der Waals surface area contributed by atoms with E-state index in [1.807, 2.05) is 0 Å². The largest absolute Gasteiger partial charge is 0.481 e. The molecule has 5 heteroatoms. The first-order chi connectivity index (χ1) is 7.50. The lowest BCUT2D eigenvalue weighted by atomic mass is 9.88. The summed E-state index contributed by atoms with van der Waals surface area (Å²) >= 11 is 0. The van der Waals surface area contributed by atoms with Gasteiger partial charge in [-0.2, -0.15) is 0 Å². The van der Waals surface area contributed by atoms with Gasteiger partial charge in [-0.05, 0) is 23.8 Å². The predicted molar refractivity (Wildman–Crippen MR) is 54.6 cm³/mol. The molecule has 84 valence electrons. The molecule has 0 aromatic heterocycles. The van der Waals surface area contributed by atoms with Crippen molar-refractivity contribution in [2.24, 2.45) is 5.92 Å². The van der Waals surface area contributed by atoms with Crippen LogP contribution in [0.25, 0.3) is 0 Å². The number of carboxylic acids is 1. The number of carbonyl (C=O) groups excluding carboxylic acids is 1. The SMILES string of the molecule is CC(C(=O)O)C1C(=O)Nc2ccc(F)cc21. The molecular formula is C11H10FNO3. The molecule has 0 aliphatic carbocycles. The molecule has 1 heterocycles. The van der Waals surface area contributed by atoms with Gasteiger partial charge in [-0.1, -0.05) is 6.92 Å². The van der Waals surface area contributed by atoms with Gasteiger partial charge >= 0.3 is 5.97 Å². The molecule has 4 nitrogen and oxygen atoms in total. The highest BCUT2D eigenvalue weighted by atomic mass is 19.1. The van der Waals surface area contributed by atoms with Crippen LogP contribution >= 0.6 is 0 Å². The first-order valence-corrected chi connectivity index (χ1v) is 4.84. The van der Waals surface area contributed by atoms with Crippen LogP contribution in [-0.2, 0) is 9.59 Å². The standard InChI is InChI=1S/C11H10FNO3/c1-5(11(15)16)9-7-4-6(12)2-3-8(7)13-10(9)14/h2-5,9H,1H3,(H,13,14)(H,15,16). The lowest BCUT2D eigenvalue weighted by molar-refractivity contribution is -0.143. The third-order valence-electron chi connectivity index (χ3n) is 2.78. The van der Waals surface area contributed by atoms with Crippen LogP contribution < -0.4 is 5.32 Å². The van der Waals surface area contributed by atoms with E-state index in [1.54, 1.807) is 0 Å². The summed E-state index contributed by atoms with van der Waals surface area (Å²) in [5.41, 5.74) is 0.907. The van der Waals surface area contributed by atoms with E-state index < -0.39 is 29.5 Å². The fourth-order valence-corrected chi connectivity index (χ4v) is 1.90. The number of halogens is 1. The van der Waals surface area contributed by atoms with E-state index in [-0.39, 0.29) is 0 Å². The lowest BCUT2D eigenvalue weighted by Crippen LogP contribution is -2.24. The zero-order valence-corrected chi connectivity index (χ0v) is 8.53. The van der Waals surface area contributed by atoms with Gasteiger partial charge in [0.25, 0.3) is 0 Å². The third kappa shape index (κ3) is 1.54. The molecule has 2 N–H and O–H groups in total. The van der Waals surface area contributed by atoms with E-state index >= 15 is 0 Å². The number of carboxylic acid groups (broad SMARTS) is 1. The Labute approximate surface area is 91.1 Å². The summed E-state index contributed by atoms with van der Waals surface area (Å²) < 4.78 is 13.0. The van der Waals surface area contributed by atoms with E-state index in [4.69, 9.17) is 5.11 Å². The van der Waals surface area contributed by atoms with E-state index in [0.717, 1.165) is 0 Å². The Bertz CT molecular complexity index is 472. The van der Waals surface area contributed by atoms with Gasteiger partial charge in [0.1, 0.15) is 5.82 Å². The van der Waals surface area contributed by atoms with Crippen molar-refractivity contribution in [1.29, 1.82) is 0 Å². The number of nitrogens with one attached hydrogen (secondary N) is 1. The van der Waals surface area contributed by atoms with Crippen LogP contribution in [0.5, 0.6) is 0 Å². The van der Waals surface area contributed by atoms with Crippen LogP contribution in [0.1, 0.15) is 18.4 Å². The summed E-state index contributed by atoms with van der Waals surface area (Å²) in [5.74, 6) is -3.63. The van der Waals surface area contributed by atoms with Gasteiger partial charge in [0.15, 0.2) is 0 Å². The maximum absolute atomic E-state index is 13.0. The normalized spacial score (nSPS) is 20.1. The lowest BCUT2D eigenvalue weighted by Gasteiger charge is -2.13. The average molecular weight is 223 g/mol. The number of fused-ring (bicyclic) bond motifs is 1. The summed E-state index contributed by atoms with van der Waals surface area (Å²) in [6.45, 7) is 1.44. The van der Waals surface area contributed by atoms with Gasteiger partial charge in [-0.25, -0.2) is 4.39 Å². The van der Waals surface area contributed by atoms with Crippen LogP contribution in [0.3, 0.4) is 0 Å². The number of aliphatic carboxylic acids is 1. The van der Waals surface area contributed by atoms with Gasteiger partial charge < -0.3 is 10.4 Å². The minimum absolute atomic E-state index is 0.393. The molecule has 0 radical (unpaired) electrons. The van der Waals surface area contributed by atoms with Crippen molar-refractivity contribution in [3.63, 3.8) is 0 Å². The van der Waals surface area contributed by atoms with Crippen molar-refractivity contribution in [2.45, 2.75) is 12.8 Å². The smallest absolute Gasteiger partial charge is 0.307 e. The zero-order valence-electron chi connectivity index (χ0n) is 8.53. The van der Waals surface area contributed by atoms with Gasteiger partial charge in [0, 0.05) is 5.69 Å². The summed E-state index contributed by atoms with van der Waals surface area (Å²) in [6, 6.07) is 3.88. The van der Waals surface area contributed by atoms with Crippen molar-refractivity contribution in [2.75, 3.05) is 5.32 Å². The Morgan fingerprint density at radius 2 is 2.25 bits per heavy atom. The van der Waals surface area contributed by atoms with E-state index in [1.165, 1.54) is 25.1 Å². The summed E-state index contributed by atoms with van der Waals surface area (Å²) in [5, 5.41) is 11.4. The fraction of sp³-hybridized carbons (Fsp3) is 0.273. The maximum atomic E-state index is 13.0. The fourth-order valence-electron chi connectivity index (χ4n) is 1.90. The monoisotopic (exact) mass is 223 g/mol. The molecule has 0 saturated heterocycles. The molecule has 0 spiro atoms. The van der Waals surface area contributed by atoms with Crippen molar-refractivity contribution in [3.05, 3.63) is 29.6 Å². The molecule has 1 aromatic carbocycles. The average Bonchev–Trinajstić information content (AvgIpc) is 2.52. The van der Waals surface area contributed by atoms with Crippen LogP contribution in [0.2, 0.25) is 0 Å². The summed E-state index contributed by atoms with van der Waals surface area (Å²) in [7, 11) is 0. The van der Waals surface area contributed by atoms with E-state index in [0.29, 0.717) is 11.3 Å².